The van der Waals surface area contributed by atoms with Gasteiger partial charge in [-0.25, -0.2) is 0 Å². The average Bonchev–Trinajstić information content (AvgIpc) is 2.41. The zero-order valence-electron chi connectivity index (χ0n) is 11.6. The monoisotopic (exact) mass is 336 g/mol. The Morgan fingerprint density at radius 1 is 1.25 bits per heavy atom. The van der Waals surface area contributed by atoms with Gasteiger partial charge in [-0.3, -0.25) is 4.90 Å². The van der Waals surface area contributed by atoms with Crippen LogP contribution in [-0.4, -0.2) is 43.3 Å². The molecule has 1 unspecified atom stereocenters. The van der Waals surface area contributed by atoms with Crippen LogP contribution in [-0.2, 0) is 4.74 Å². The lowest BCUT2D eigenvalue weighted by molar-refractivity contribution is -0.0315. The van der Waals surface area contributed by atoms with Gasteiger partial charge in [-0.05, 0) is 26.0 Å². The second-order valence-electron chi connectivity index (χ2n) is 5.21. The third kappa shape index (κ3) is 4.15. The number of nitrogens with one attached hydrogen (secondary N) is 1. The fourth-order valence-electron chi connectivity index (χ4n) is 2.22. The largest absolute Gasteiger partial charge is 0.381 e. The number of morpholine rings is 1. The van der Waals surface area contributed by atoms with Crippen molar-refractivity contribution in [3.05, 3.63) is 27.2 Å². The molecule has 1 saturated heterocycles. The molecule has 1 aliphatic rings. The van der Waals surface area contributed by atoms with Crippen molar-refractivity contribution in [2.75, 3.05) is 31.6 Å². The zero-order valence-corrected chi connectivity index (χ0v) is 13.9. The summed E-state index contributed by atoms with van der Waals surface area (Å²) >= 11 is 18.1. The fraction of sp³-hybridized carbons (Fsp3) is 0.571. The summed E-state index contributed by atoms with van der Waals surface area (Å²) in [6.07, 6.45) is 0.150. The van der Waals surface area contributed by atoms with Crippen LogP contribution in [0.4, 0.5) is 5.69 Å². The van der Waals surface area contributed by atoms with Gasteiger partial charge in [-0.1, -0.05) is 34.8 Å². The maximum Gasteiger partial charge on any atom is 0.0874 e. The first-order valence-electron chi connectivity index (χ1n) is 6.71. The molecule has 1 aliphatic heterocycles. The van der Waals surface area contributed by atoms with Gasteiger partial charge in [0.15, 0.2) is 0 Å². The molecule has 0 aliphatic carbocycles. The number of rotatable bonds is 4. The lowest BCUT2D eigenvalue weighted by atomic mass is 10.2. The van der Waals surface area contributed by atoms with Crippen LogP contribution in [0.5, 0.6) is 0 Å². The smallest absolute Gasteiger partial charge is 0.0874 e. The number of anilines is 1. The van der Waals surface area contributed by atoms with Crippen LogP contribution < -0.4 is 5.32 Å². The summed E-state index contributed by atoms with van der Waals surface area (Å²) in [5.74, 6) is 0. The molecule has 1 aromatic rings. The minimum Gasteiger partial charge on any atom is -0.381 e. The van der Waals surface area contributed by atoms with Gasteiger partial charge >= 0.3 is 0 Å². The highest BCUT2D eigenvalue weighted by atomic mass is 35.5. The van der Waals surface area contributed by atoms with Crippen LogP contribution in [0.15, 0.2) is 12.1 Å². The van der Waals surface area contributed by atoms with E-state index in [0.29, 0.717) is 27.7 Å². The number of hydrogen-bond donors (Lipinski definition) is 1. The van der Waals surface area contributed by atoms with Gasteiger partial charge in [0.1, 0.15) is 0 Å². The Hall–Kier alpha value is -0.190. The van der Waals surface area contributed by atoms with Gasteiger partial charge in [0.2, 0.25) is 0 Å². The molecule has 0 bridgehead atoms. The number of halogens is 3. The van der Waals surface area contributed by atoms with E-state index in [1.54, 1.807) is 12.1 Å². The third-order valence-electron chi connectivity index (χ3n) is 3.43. The molecular weight excluding hydrogens is 319 g/mol. The van der Waals surface area contributed by atoms with Gasteiger partial charge in [0, 0.05) is 25.7 Å². The van der Waals surface area contributed by atoms with Crippen molar-refractivity contribution >= 4 is 40.5 Å². The van der Waals surface area contributed by atoms with Crippen molar-refractivity contribution in [2.24, 2.45) is 0 Å². The Morgan fingerprint density at radius 2 is 1.95 bits per heavy atom. The van der Waals surface area contributed by atoms with Gasteiger partial charge < -0.3 is 10.1 Å². The van der Waals surface area contributed by atoms with E-state index in [0.717, 1.165) is 25.4 Å². The van der Waals surface area contributed by atoms with Crippen LogP contribution in [0.1, 0.15) is 13.8 Å². The molecule has 20 heavy (non-hydrogen) atoms. The van der Waals surface area contributed by atoms with E-state index in [1.165, 1.54) is 0 Å². The summed E-state index contributed by atoms with van der Waals surface area (Å²) in [6, 6.07) is 3.93. The molecule has 0 amide bonds. The summed E-state index contributed by atoms with van der Waals surface area (Å²) < 4.78 is 5.77. The Kier molecular flexibility index (Phi) is 5.82. The topological polar surface area (TPSA) is 24.5 Å². The molecule has 0 saturated carbocycles. The summed E-state index contributed by atoms with van der Waals surface area (Å²) in [6.45, 7) is 7.77. The highest BCUT2D eigenvalue weighted by Gasteiger charge is 2.22. The molecule has 3 nitrogen and oxygen atoms in total. The van der Waals surface area contributed by atoms with Gasteiger partial charge in [-0.15, -0.1) is 0 Å². The fourth-order valence-corrected chi connectivity index (χ4v) is 2.83. The Bertz CT molecular complexity index is 468. The average molecular weight is 338 g/mol. The number of nitrogens with zero attached hydrogens (tertiary/aromatic N) is 1. The maximum atomic E-state index is 6.14. The third-order valence-corrected chi connectivity index (χ3v) is 4.47. The van der Waals surface area contributed by atoms with Crippen LogP contribution in [0.25, 0.3) is 0 Å². The Morgan fingerprint density at radius 3 is 2.65 bits per heavy atom. The standard InChI is InChI=1S/C14H19Cl3N2O/c1-9(2)19-3-4-20-10(8-19)7-18-14-6-12(16)11(15)5-13(14)17/h5-6,9-10,18H,3-4,7-8H2,1-2H3. The summed E-state index contributed by atoms with van der Waals surface area (Å²) in [5.41, 5.74) is 0.784. The zero-order chi connectivity index (χ0) is 14.7. The highest BCUT2D eigenvalue weighted by Crippen LogP contribution is 2.32. The molecule has 0 radical (unpaired) electrons. The molecule has 6 heteroatoms. The molecule has 2 rings (SSSR count). The molecule has 1 atom stereocenters. The van der Waals surface area contributed by atoms with Crippen molar-refractivity contribution in [2.45, 2.75) is 26.0 Å². The van der Waals surface area contributed by atoms with Crippen molar-refractivity contribution in [1.29, 1.82) is 0 Å². The second kappa shape index (κ2) is 7.19. The van der Waals surface area contributed by atoms with E-state index in [4.69, 9.17) is 39.5 Å². The number of hydrogen-bond acceptors (Lipinski definition) is 3. The van der Waals surface area contributed by atoms with E-state index in [9.17, 15) is 0 Å². The molecule has 1 fully saturated rings. The van der Waals surface area contributed by atoms with E-state index < -0.39 is 0 Å². The highest BCUT2D eigenvalue weighted by molar-refractivity contribution is 6.44. The Labute approximate surface area is 135 Å². The summed E-state index contributed by atoms with van der Waals surface area (Å²) in [7, 11) is 0. The molecule has 112 valence electrons. The van der Waals surface area contributed by atoms with E-state index in [1.807, 2.05) is 0 Å². The Balaban J connectivity index is 1.93. The lowest BCUT2D eigenvalue weighted by Gasteiger charge is -2.35. The van der Waals surface area contributed by atoms with Crippen LogP contribution in [0.3, 0.4) is 0 Å². The van der Waals surface area contributed by atoms with Gasteiger partial charge in [0.25, 0.3) is 0 Å². The normalized spacial score (nSPS) is 20.4. The van der Waals surface area contributed by atoms with E-state index in [2.05, 4.69) is 24.1 Å². The first-order chi connectivity index (χ1) is 9.47. The molecule has 1 heterocycles. The lowest BCUT2D eigenvalue weighted by Crippen LogP contribution is -2.48. The summed E-state index contributed by atoms with van der Waals surface area (Å²) in [5, 5.41) is 4.80. The van der Waals surface area contributed by atoms with Crippen molar-refractivity contribution in [3.8, 4) is 0 Å². The van der Waals surface area contributed by atoms with Gasteiger partial charge in [-0.2, -0.15) is 0 Å². The van der Waals surface area contributed by atoms with Gasteiger partial charge in [0.05, 0.1) is 33.5 Å². The number of benzene rings is 1. The molecule has 0 spiro atoms. The molecule has 1 N–H and O–H groups in total. The van der Waals surface area contributed by atoms with Crippen LogP contribution >= 0.6 is 34.8 Å². The second-order valence-corrected chi connectivity index (χ2v) is 6.43. The minimum absolute atomic E-state index is 0.150. The van der Waals surface area contributed by atoms with Crippen molar-refractivity contribution in [3.63, 3.8) is 0 Å². The van der Waals surface area contributed by atoms with Crippen molar-refractivity contribution in [1.82, 2.24) is 4.90 Å². The number of ether oxygens (including phenoxy) is 1. The maximum absolute atomic E-state index is 6.14. The SMILES string of the molecule is CC(C)N1CCOC(CNc2cc(Cl)c(Cl)cc2Cl)C1. The molecule has 1 aromatic carbocycles. The van der Waals surface area contributed by atoms with Crippen LogP contribution in [0.2, 0.25) is 15.1 Å². The van der Waals surface area contributed by atoms with Crippen LogP contribution in [0, 0.1) is 0 Å². The molecular formula is C14H19Cl3N2O. The van der Waals surface area contributed by atoms with E-state index >= 15 is 0 Å². The van der Waals surface area contributed by atoms with Crippen molar-refractivity contribution < 1.29 is 4.74 Å². The first-order valence-corrected chi connectivity index (χ1v) is 7.85. The van der Waals surface area contributed by atoms with E-state index in [-0.39, 0.29) is 6.10 Å². The minimum atomic E-state index is 0.150. The predicted octanol–water partition coefficient (Wildman–Crippen LogP) is 4.17. The molecule has 0 aromatic heterocycles. The quantitative estimate of drug-likeness (QED) is 0.835. The summed E-state index contributed by atoms with van der Waals surface area (Å²) in [4.78, 5) is 2.41. The predicted molar refractivity (Wildman–Crippen MR) is 86.4 cm³/mol. The first kappa shape index (κ1) is 16.2.